The molecule has 1 N–H and O–H groups in total. The van der Waals surface area contributed by atoms with Crippen LogP contribution >= 0.6 is 11.3 Å². The zero-order valence-corrected chi connectivity index (χ0v) is 12.7. The van der Waals surface area contributed by atoms with Crippen LogP contribution in [0.4, 0.5) is 0 Å². The predicted octanol–water partition coefficient (Wildman–Crippen LogP) is 1.53. The fraction of sp³-hybridized carbons (Fsp3) is 0.667. The molecule has 0 unspecified atom stereocenters. The van der Waals surface area contributed by atoms with Crippen LogP contribution in [-0.4, -0.2) is 54.5 Å². The third-order valence-electron chi connectivity index (χ3n) is 4.06. The number of nitrogens with one attached hydrogen (secondary N) is 1. The Bertz CT molecular complexity index is 422. The van der Waals surface area contributed by atoms with E-state index < -0.39 is 0 Å². The molecule has 1 saturated carbocycles. The Hall–Kier alpha value is -0.910. The molecule has 1 aromatic heterocycles. The van der Waals surface area contributed by atoms with Gasteiger partial charge in [-0.1, -0.05) is 0 Å². The first-order valence-corrected chi connectivity index (χ1v) is 8.51. The first-order chi connectivity index (χ1) is 9.83. The van der Waals surface area contributed by atoms with Gasteiger partial charge in [0.15, 0.2) is 0 Å². The highest BCUT2D eigenvalue weighted by molar-refractivity contribution is 7.07. The van der Waals surface area contributed by atoms with Crippen molar-refractivity contribution in [1.82, 2.24) is 15.1 Å². The van der Waals surface area contributed by atoms with Crippen LogP contribution in [0.5, 0.6) is 0 Å². The summed E-state index contributed by atoms with van der Waals surface area (Å²) < 4.78 is 0. The number of rotatable bonds is 5. The Morgan fingerprint density at radius 2 is 2.30 bits per heavy atom. The maximum absolute atomic E-state index is 12.5. The first-order valence-electron chi connectivity index (χ1n) is 7.56. The van der Waals surface area contributed by atoms with Crippen molar-refractivity contribution >= 4 is 17.2 Å². The molecule has 20 heavy (non-hydrogen) atoms. The summed E-state index contributed by atoms with van der Waals surface area (Å²) in [6.45, 7) is 5.23. The van der Waals surface area contributed by atoms with Crippen LogP contribution in [0.3, 0.4) is 0 Å². The second-order valence-electron chi connectivity index (χ2n) is 5.75. The number of hydrogen-bond acceptors (Lipinski definition) is 4. The van der Waals surface area contributed by atoms with Gasteiger partial charge in [0.05, 0.1) is 6.54 Å². The van der Waals surface area contributed by atoms with Crippen molar-refractivity contribution in [3.8, 4) is 0 Å². The second-order valence-corrected chi connectivity index (χ2v) is 6.53. The van der Waals surface area contributed by atoms with E-state index in [2.05, 4.69) is 27.0 Å². The Labute approximate surface area is 124 Å². The summed E-state index contributed by atoms with van der Waals surface area (Å²) >= 11 is 1.73. The van der Waals surface area contributed by atoms with Crippen LogP contribution in [0.25, 0.3) is 0 Å². The van der Waals surface area contributed by atoms with Crippen LogP contribution in [0.2, 0.25) is 0 Å². The highest BCUT2D eigenvalue weighted by Gasteiger charge is 2.31. The summed E-state index contributed by atoms with van der Waals surface area (Å²) in [7, 11) is 0. The van der Waals surface area contributed by atoms with Crippen molar-refractivity contribution in [3.05, 3.63) is 22.4 Å². The van der Waals surface area contributed by atoms with E-state index in [1.165, 1.54) is 18.4 Å². The van der Waals surface area contributed by atoms with E-state index in [4.69, 9.17) is 0 Å². The lowest BCUT2D eigenvalue weighted by molar-refractivity contribution is -0.132. The minimum atomic E-state index is 0.302. The van der Waals surface area contributed by atoms with Crippen molar-refractivity contribution in [3.63, 3.8) is 0 Å². The van der Waals surface area contributed by atoms with Gasteiger partial charge in [-0.05, 0) is 48.2 Å². The molecule has 4 nitrogen and oxygen atoms in total. The van der Waals surface area contributed by atoms with Crippen molar-refractivity contribution in [2.75, 3.05) is 32.7 Å². The topological polar surface area (TPSA) is 35.6 Å². The molecule has 1 aliphatic heterocycles. The summed E-state index contributed by atoms with van der Waals surface area (Å²) in [5.74, 6) is 0.302. The Balaban J connectivity index is 1.56. The molecule has 1 saturated heterocycles. The van der Waals surface area contributed by atoms with Gasteiger partial charge in [0, 0.05) is 32.2 Å². The summed E-state index contributed by atoms with van der Waals surface area (Å²) in [5, 5.41) is 7.65. The lowest BCUT2D eigenvalue weighted by atomic mass is 10.3. The molecule has 2 aliphatic rings. The van der Waals surface area contributed by atoms with Crippen LogP contribution in [0.1, 0.15) is 24.8 Å². The average molecular weight is 293 g/mol. The zero-order chi connectivity index (χ0) is 13.8. The number of thiophene rings is 1. The van der Waals surface area contributed by atoms with Crippen molar-refractivity contribution in [1.29, 1.82) is 0 Å². The minimum Gasteiger partial charge on any atom is -0.340 e. The molecule has 1 amide bonds. The summed E-state index contributed by atoms with van der Waals surface area (Å²) in [6, 6.07) is 2.80. The summed E-state index contributed by atoms with van der Waals surface area (Å²) in [6.07, 6.45) is 3.57. The predicted molar refractivity (Wildman–Crippen MR) is 81.8 cm³/mol. The molecule has 110 valence electrons. The van der Waals surface area contributed by atoms with Gasteiger partial charge in [-0.15, -0.1) is 0 Å². The molecular formula is C15H23N3OS. The molecule has 0 atom stereocenters. The third kappa shape index (κ3) is 3.81. The minimum absolute atomic E-state index is 0.302. The Kier molecular flexibility index (Phi) is 4.70. The van der Waals surface area contributed by atoms with E-state index in [0.717, 1.165) is 39.1 Å². The fourth-order valence-corrected chi connectivity index (χ4v) is 3.40. The Morgan fingerprint density at radius 1 is 1.40 bits per heavy atom. The van der Waals surface area contributed by atoms with Crippen LogP contribution in [0.15, 0.2) is 16.8 Å². The monoisotopic (exact) mass is 293 g/mol. The second kappa shape index (κ2) is 6.70. The molecule has 0 radical (unpaired) electrons. The number of amides is 1. The van der Waals surface area contributed by atoms with Crippen molar-refractivity contribution < 1.29 is 4.79 Å². The molecule has 2 heterocycles. The first kappa shape index (κ1) is 14.0. The lowest BCUT2D eigenvalue weighted by Gasteiger charge is -2.26. The van der Waals surface area contributed by atoms with Crippen LogP contribution in [0, 0.1) is 0 Å². The van der Waals surface area contributed by atoms with Gasteiger partial charge in [0.2, 0.25) is 5.91 Å². The maximum Gasteiger partial charge on any atom is 0.236 e. The van der Waals surface area contributed by atoms with Crippen molar-refractivity contribution in [2.45, 2.75) is 31.8 Å². The van der Waals surface area contributed by atoms with E-state index in [9.17, 15) is 4.79 Å². The molecule has 1 aliphatic carbocycles. The van der Waals surface area contributed by atoms with Gasteiger partial charge in [0.25, 0.3) is 0 Å². The number of hydrogen-bond donors (Lipinski definition) is 1. The van der Waals surface area contributed by atoms with Gasteiger partial charge in [-0.3, -0.25) is 9.69 Å². The molecule has 2 fully saturated rings. The Morgan fingerprint density at radius 3 is 3.05 bits per heavy atom. The highest BCUT2D eigenvalue weighted by atomic mass is 32.1. The van der Waals surface area contributed by atoms with Gasteiger partial charge in [0.1, 0.15) is 0 Å². The molecule has 1 aromatic rings. The van der Waals surface area contributed by atoms with Crippen LogP contribution in [-0.2, 0) is 11.3 Å². The highest BCUT2D eigenvalue weighted by Crippen LogP contribution is 2.28. The average Bonchev–Trinajstić information content (AvgIpc) is 3.23. The van der Waals surface area contributed by atoms with E-state index in [1.807, 2.05) is 4.90 Å². The largest absolute Gasteiger partial charge is 0.340 e. The van der Waals surface area contributed by atoms with E-state index >= 15 is 0 Å². The number of carbonyl (C=O) groups is 1. The SMILES string of the molecule is O=C(CN(Cc1ccsc1)C1CC1)N1CCCNCC1. The van der Waals surface area contributed by atoms with E-state index in [0.29, 0.717) is 18.5 Å². The zero-order valence-electron chi connectivity index (χ0n) is 11.9. The number of carbonyl (C=O) groups excluding carboxylic acids is 1. The molecule has 5 heteroatoms. The molecule has 0 spiro atoms. The quantitative estimate of drug-likeness (QED) is 0.894. The molecule has 3 rings (SSSR count). The van der Waals surface area contributed by atoms with E-state index in [-0.39, 0.29) is 0 Å². The van der Waals surface area contributed by atoms with Gasteiger partial charge < -0.3 is 10.2 Å². The normalized spacial score (nSPS) is 20.1. The summed E-state index contributed by atoms with van der Waals surface area (Å²) in [4.78, 5) is 16.9. The molecule has 0 aromatic carbocycles. The van der Waals surface area contributed by atoms with Crippen LogP contribution < -0.4 is 5.32 Å². The third-order valence-corrected chi connectivity index (χ3v) is 4.79. The van der Waals surface area contributed by atoms with Gasteiger partial charge >= 0.3 is 0 Å². The maximum atomic E-state index is 12.5. The molecular weight excluding hydrogens is 270 g/mol. The van der Waals surface area contributed by atoms with Gasteiger partial charge in [-0.25, -0.2) is 0 Å². The van der Waals surface area contributed by atoms with Gasteiger partial charge in [-0.2, -0.15) is 11.3 Å². The molecule has 0 bridgehead atoms. The number of nitrogens with zero attached hydrogens (tertiary/aromatic N) is 2. The standard InChI is InChI=1S/C15H23N3OS/c19-15(17-7-1-5-16-6-8-17)11-18(14-2-3-14)10-13-4-9-20-12-13/h4,9,12,14,16H,1-3,5-8,10-11H2. The van der Waals surface area contributed by atoms with Crippen molar-refractivity contribution in [2.24, 2.45) is 0 Å². The smallest absolute Gasteiger partial charge is 0.236 e. The van der Waals surface area contributed by atoms with E-state index in [1.54, 1.807) is 11.3 Å². The fourth-order valence-electron chi connectivity index (χ4n) is 2.74. The lowest BCUT2D eigenvalue weighted by Crippen LogP contribution is -2.42. The summed E-state index contributed by atoms with van der Waals surface area (Å²) in [5.41, 5.74) is 1.34.